The van der Waals surface area contributed by atoms with E-state index >= 15 is 0 Å². The number of nitrogens with one attached hydrogen (secondary N) is 1. The summed E-state index contributed by atoms with van der Waals surface area (Å²) in [5, 5.41) is 0.572. The molecule has 1 aliphatic carbocycles. The summed E-state index contributed by atoms with van der Waals surface area (Å²) in [5.41, 5.74) is 5.21. The third kappa shape index (κ3) is 4.67. The van der Waals surface area contributed by atoms with Gasteiger partial charge in [0.05, 0.1) is 4.99 Å². The van der Waals surface area contributed by atoms with Gasteiger partial charge in [0.15, 0.2) is 0 Å². The third-order valence-electron chi connectivity index (χ3n) is 2.40. The Morgan fingerprint density at radius 3 is 2.73 bits per heavy atom. The highest BCUT2D eigenvalue weighted by molar-refractivity contribution is 7.99. The normalized spacial score (nSPS) is 26.7. The fourth-order valence-corrected chi connectivity index (χ4v) is 4.19. The Morgan fingerprint density at radius 1 is 1.60 bits per heavy atom. The van der Waals surface area contributed by atoms with E-state index in [4.69, 9.17) is 5.73 Å². The summed E-state index contributed by atoms with van der Waals surface area (Å²) in [4.78, 5) is 0.0157. The van der Waals surface area contributed by atoms with Gasteiger partial charge >= 0.3 is 0 Å². The highest BCUT2D eigenvalue weighted by Gasteiger charge is 2.27. The van der Waals surface area contributed by atoms with E-state index in [1.54, 1.807) is 11.8 Å². The minimum Gasteiger partial charge on any atom is -0.392 e. The Labute approximate surface area is 100 Å². The Morgan fingerprint density at radius 2 is 2.27 bits per heavy atom. The van der Waals surface area contributed by atoms with Gasteiger partial charge in [0.1, 0.15) is 5.75 Å². The molecule has 1 saturated carbocycles. The van der Waals surface area contributed by atoms with Crippen LogP contribution in [0.3, 0.4) is 0 Å². The molecule has 3 N–H and O–H groups in total. The molecule has 0 spiro atoms. The average Bonchev–Trinajstić information content (AvgIpc) is 2.48. The van der Waals surface area contributed by atoms with Crippen LogP contribution in [0.25, 0.3) is 0 Å². The Bertz CT molecular complexity index is 329. The highest BCUT2D eigenvalue weighted by atomic mass is 32.2. The van der Waals surface area contributed by atoms with Crippen LogP contribution in [0, 0.1) is 0 Å². The molecular formula is C8H16N2O2S3. The Hall–Kier alpha value is 0.150. The average molecular weight is 268 g/mol. The van der Waals surface area contributed by atoms with Crippen molar-refractivity contribution in [1.82, 2.24) is 4.72 Å². The standard InChI is InChI=1S/C8H16N2O2S3/c1-14-7-3-2-6(4-7)10-15(11,12)5-8(9)13/h6-7,10H,2-5H2,1H3,(H2,9,13). The number of nitrogens with two attached hydrogens (primary N) is 1. The first-order valence-electron chi connectivity index (χ1n) is 4.74. The summed E-state index contributed by atoms with van der Waals surface area (Å²) in [7, 11) is -3.32. The van der Waals surface area contributed by atoms with Crippen molar-refractivity contribution in [2.45, 2.75) is 30.6 Å². The van der Waals surface area contributed by atoms with Crippen molar-refractivity contribution in [3.8, 4) is 0 Å². The number of thioether (sulfide) groups is 1. The van der Waals surface area contributed by atoms with Gasteiger partial charge in [-0.3, -0.25) is 0 Å². The van der Waals surface area contributed by atoms with E-state index in [2.05, 4.69) is 23.2 Å². The van der Waals surface area contributed by atoms with E-state index < -0.39 is 10.0 Å². The topological polar surface area (TPSA) is 72.2 Å². The van der Waals surface area contributed by atoms with Gasteiger partial charge < -0.3 is 5.73 Å². The van der Waals surface area contributed by atoms with Crippen LogP contribution < -0.4 is 10.5 Å². The first-order valence-corrected chi connectivity index (χ1v) is 8.09. The number of thiocarbonyl (C=S) groups is 1. The number of rotatable bonds is 5. The molecule has 0 heterocycles. The maximum Gasteiger partial charge on any atom is 0.218 e. The van der Waals surface area contributed by atoms with Crippen molar-refractivity contribution < 1.29 is 8.42 Å². The van der Waals surface area contributed by atoms with E-state index in [9.17, 15) is 8.42 Å². The number of hydrogen-bond donors (Lipinski definition) is 2. The van der Waals surface area contributed by atoms with Crippen LogP contribution in [0.15, 0.2) is 0 Å². The van der Waals surface area contributed by atoms with E-state index in [0.717, 1.165) is 19.3 Å². The molecule has 0 aliphatic heterocycles. The SMILES string of the molecule is CSC1CCC(NS(=O)(=O)CC(N)=S)C1. The van der Waals surface area contributed by atoms with E-state index in [-0.39, 0.29) is 16.8 Å². The molecule has 0 amide bonds. The predicted molar refractivity (Wildman–Crippen MR) is 68.6 cm³/mol. The zero-order valence-corrected chi connectivity index (χ0v) is 11.1. The lowest BCUT2D eigenvalue weighted by Crippen LogP contribution is -2.38. The van der Waals surface area contributed by atoms with Crippen molar-refractivity contribution in [3.63, 3.8) is 0 Å². The molecule has 15 heavy (non-hydrogen) atoms. The summed E-state index contributed by atoms with van der Waals surface area (Å²) in [6.07, 6.45) is 4.93. The van der Waals surface area contributed by atoms with Crippen molar-refractivity contribution in [1.29, 1.82) is 0 Å². The van der Waals surface area contributed by atoms with Gasteiger partial charge in [-0.05, 0) is 25.5 Å². The van der Waals surface area contributed by atoms with Gasteiger partial charge in [0.25, 0.3) is 0 Å². The van der Waals surface area contributed by atoms with Crippen LogP contribution in [0.1, 0.15) is 19.3 Å². The largest absolute Gasteiger partial charge is 0.392 e. The second-order valence-corrected chi connectivity index (χ2v) is 7.13. The minimum absolute atomic E-state index is 0.0157. The molecule has 0 aromatic rings. The van der Waals surface area contributed by atoms with E-state index in [1.807, 2.05) is 0 Å². The van der Waals surface area contributed by atoms with Gasteiger partial charge in [-0.1, -0.05) is 12.2 Å². The van der Waals surface area contributed by atoms with E-state index in [0.29, 0.717) is 5.25 Å². The maximum absolute atomic E-state index is 11.5. The minimum atomic E-state index is -3.32. The first-order chi connectivity index (χ1) is 6.93. The maximum atomic E-state index is 11.5. The van der Waals surface area contributed by atoms with Crippen molar-refractivity contribution in [2.75, 3.05) is 12.0 Å². The molecular weight excluding hydrogens is 252 g/mol. The fourth-order valence-electron chi connectivity index (χ4n) is 1.74. The number of hydrogen-bond acceptors (Lipinski definition) is 4. The van der Waals surface area contributed by atoms with Crippen LogP contribution >= 0.6 is 24.0 Å². The lowest BCUT2D eigenvalue weighted by atomic mass is 10.3. The Balaban J connectivity index is 2.45. The predicted octanol–water partition coefficient (Wildman–Crippen LogP) is 0.476. The molecule has 0 saturated heterocycles. The van der Waals surface area contributed by atoms with Gasteiger partial charge in [-0.2, -0.15) is 11.8 Å². The van der Waals surface area contributed by atoms with Gasteiger partial charge in [-0.25, -0.2) is 13.1 Å². The molecule has 88 valence electrons. The molecule has 0 radical (unpaired) electrons. The molecule has 2 unspecified atom stereocenters. The molecule has 1 aliphatic rings. The Kier molecular flexibility index (Phi) is 4.82. The lowest BCUT2D eigenvalue weighted by molar-refractivity contribution is 0.556. The summed E-state index contributed by atoms with van der Waals surface area (Å²) < 4.78 is 25.7. The monoisotopic (exact) mass is 268 g/mol. The number of sulfonamides is 1. The van der Waals surface area contributed by atoms with Crippen LogP contribution in [-0.2, 0) is 10.0 Å². The molecule has 4 nitrogen and oxygen atoms in total. The van der Waals surface area contributed by atoms with Gasteiger partial charge in [0, 0.05) is 11.3 Å². The smallest absolute Gasteiger partial charge is 0.218 e. The van der Waals surface area contributed by atoms with Gasteiger partial charge in [0.2, 0.25) is 10.0 Å². The molecule has 2 atom stereocenters. The molecule has 0 aromatic carbocycles. The summed E-state index contributed by atoms with van der Waals surface area (Å²) in [6.45, 7) is 0. The van der Waals surface area contributed by atoms with Crippen molar-refractivity contribution >= 4 is 39.0 Å². The third-order valence-corrected chi connectivity index (χ3v) is 5.20. The van der Waals surface area contributed by atoms with Crippen molar-refractivity contribution in [3.05, 3.63) is 0 Å². The lowest BCUT2D eigenvalue weighted by Gasteiger charge is -2.12. The molecule has 1 rings (SSSR count). The molecule has 7 heteroatoms. The highest BCUT2D eigenvalue weighted by Crippen LogP contribution is 2.28. The second kappa shape index (κ2) is 5.47. The molecule has 1 fully saturated rings. The van der Waals surface area contributed by atoms with Crippen LogP contribution in [0.2, 0.25) is 0 Å². The van der Waals surface area contributed by atoms with Gasteiger partial charge in [-0.15, -0.1) is 0 Å². The summed E-state index contributed by atoms with van der Waals surface area (Å²) in [5.74, 6) is -0.247. The zero-order valence-electron chi connectivity index (χ0n) is 8.60. The second-order valence-electron chi connectivity index (χ2n) is 3.71. The van der Waals surface area contributed by atoms with Crippen molar-refractivity contribution in [2.24, 2.45) is 5.73 Å². The first kappa shape index (κ1) is 13.2. The quantitative estimate of drug-likeness (QED) is 0.710. The zero-order chi connectivity index (χ0) is 11.5. The van der Waals surface area contributed by atoms with E-state index in [1.165, 1.54) is 0 Å². The van der Waals surface area contributed by atoms with Crippen LogP contribution in [-0.4, -0.2) is 36.7 Å². The molecule has 0 aromatic heterocycles. The van der Waals surface area contributed by atoms with Crippen LogP contribution in [0.5, 0.6) is 0 Å². The summed E-state index contributed by atoms with van der Waals surface area (Å²) in [6, 6.07) is 0.0572. The fraction of sp³-hybridized carbons (Fsp3) is 0.875. The summed E-state index contributed by atoms with van der Waals surface area (Å²) >= 11 is 6.38. The molecule has 0 bridgehead atoms. The van der Waals surface area contributed by atoms with Crippen LogP contribution in [0.4, 0.5) is 0 Å².